The lowest BCUT2D eigenvalue weighted by Crippen LogP contribution is -2.33. The number of rotatable bonds is 10. The molecule has 0 aliphatic rings. The van der Waals surface area contributed by atoms with Gasteiger partial charge in [-0.2, -0.15) is 0 Å². The fraction of sp³-hybridized carbons (Fsp3) is 1.00. The standard InChI is InChI=1S/C9H17BF2O5/c1-15-4-8(17-3-7(14)2-13)5-16-6-9(10,11)12/h7-8,13-14H,2-6H2,1H3. The van der Waals surface area contributed by atoms with Crippen molar-refractivity contribution in [1.82, 2.24) is 0 Å². The summed E-state index contributed by atoms with van der Waals surface area (Å²) in [6.07, 6.45) is -1.63. The lowest BCUT2D eigenvalue weighted by atomic mass is 10.0. The van der Waals surface area contributed by atoms with E-state index < -0.39 is 31.2 Å². The highest BCUT2D eigenvalue weighted by Crippen LogP contribution is 2.08. The van der Waals surface area contributed by atoms with E-state index in [0.29, 0.717) is 0 Å². The molecule has 2 radical (unpaired) electrons. The van der Waals surface area contributed by atoms with Gasteiger partial charge in [0.25, 0.3) is 0 Å². The third kappa shape index (κ3) is 10.6. The Morgan fingerprint density at radius 1 is 1.29 bits per heavy atom. The molecule has 0 aliphatic heterocycles. The first-order valence-electron chi connectivity index (χ1n) is 5.03. The number of halogens is 2. The number of hydrogen-bond acceptors (Lipinski definition) is 5. The van der Waals surface area contributed by atoms with Crippen LogP contribution in [0.5, 0.6) is 0 Å². The first kappa shape index (κ1) is 16.7. The number of ether oxygens (including phenoxy) is 3. The van der Waals surface area contributed by atoms with Gasteiger partial charge < -0.3 is 24.4 Å². The normalized spacial score (nSPS) is 15.8. The van der Waals surface area contributed by atoms with E-state index in [1.807, 2.05) is 0 Å². The number of methoxy groups -OCH3 is 1. The molecule has 2 N–H and O–H groups in total. The molecule has 0 bridgehead atoms. The number of alkyl halides is 2. The van der Waals surface area contributed by atoms with Crippen LogP contribution in [-0.2, 0) is 14.2 Å². The fourth-order valence-electron chi connectivity index (χ4n) is 0.957. The average molecular weight is 254 g/mol. The Balaban J connectivity index is 3.81. The van der Waals surface area contributed by atoms with E-state index in [4.69, 9.17) is 19.7 Å². The maximum absolute atomic E-state index is 12.2. The van der Waals surface area contributed by atoms with Gasteiger partial charge in [0, 0.05) is 7.11 Å². The van der Waals surface area contributed by atoms with Crippen LogP contribution in [0.3, 0.4) is 0 Å². The summed E-state index contributed by atoms with van der Waals surface area (Å²) < 4.78 is 39.0. The molecule has 0 saturated carbocycles. The molecule has 8 heteroatoms. The first-order chi connectivity index (χ1) is 7.89. The quantitative estimate of drug-likeness (QED) is 0.497. The minimum atomic E-state index is -3.39. The maximum atomic E-state index is 12.2. The Kier molecular flexibility index (Phi) is 8.62. The van der Waals surface area contributed by atoms with Gasteiger partial charge in [-0.1, -0.05) is 0 Å². The first-order valence-corrected chi connectivity index (χ1v) is 5.03. The summed E-state index contributed by atoms with van der Waals surface area (Å²) in [6.45, 7) is -1.51. The highest BCUT2D eigenvalue weighted by molar-refractivity contribution is 6.13. The lowest BCUT2D eigenvalue weighted by molar-refractivity contribution is -0.0984. The fourth-order valence-corrected chi connectivity index (χ4v) is 0.957. The van der Waals surface area contributed by atoms with E-state index in [1.165, 1.54) is 7.11 Å². The van der Waals surface area contributed by atoms with Gasteiger partial charge in [0.15, 0.2) is 7.85 Å². The minimum absolute atomic E-state index is 0.119. The number of hydrogen-bond donors (Lipinski definition) is 2. The van der Waals surface area contributed by atoms with E-state index in [1.54, 1.807) is 0 Å². The van der Waals surface area contributed by atoms with Crippen molar-refractivity contribution >= 4 is 7.85 Å². The van der Waals surface area contributed by atoms with Crippen LogP contribution in [0.4, 0.5) is 8.78 Å². The van der Waals surface area contributed by atoms with Gasteiger partial charge in [-0.05, 0) is 0 Å². The van der Waals surface area contributed by atoms with Crippen molar-refractivity contribution in [3.8, 4) is 0 Å². The van der Waals surface area contributed by atoms with Crippen LogP contribution in [0.15, 0.2) is 0 Å². The molecule has 0 aromatic rings. The molecule has 0 rings (SSSR count). The average Bonchev–Trinajstić information content (AvgIpc) is 2.23. The van der Waals surface area contributed by atoms with Crippen LogP contribution < -0.4 is 0 Å². The van der Waals surface area contributed by atoms with Crippen molar-refractivity contribution in [2.75, 3.05) is 40.1 Å². The molecule has 0 heterocycles. The van der Waals surface area contributed by atoms with Gasteiger partial charge in [-0.3, -0.25) is 0 Å². The van der Waals surface area contributed by atoms with E-state index in [0.717, 1.165) is 0 Å². The van der Waals surface area contributed by atoms with Crippen molar-refractivity contribution < 1.29 is 33.2 Å². The zero-order valence-electron chi connectivity index (χ0n) is 9.64. The molecule has 100 valence electrons. The zero-order chi connectivity index (χ0) is 13.3. The number of aliphatic hydroxyl groups is 2. The zero-order valence-corrected chi connectivity index (χ0v) is 9.64. The molecule has 0 fully saturated rings. The Hall–Kier alpha value is -0.275. The van der Waals surface area contributed by atoms with Gasteiger partial charge in [0.1, 0.15) is 18.8 Å². The van der Waals surface area contributed by atoms with E-state index >= 15 is 0 Å². The second-order valence-electron chi connectivity index (χ2n) is 3.52. The Labute approximate surface area is 100 Å². The van der Waals surface area contributed by atoms with Crippen LogP contribution in [0.2, 0.25) is 0 Å². The molecule has 0 saturated heterocycles. The summed E-state index contributed by atoms with van der Waals surface area (Å²) in [5.74, 6) is -3.39. The van der Waals surface area contributed by atoms with E-state index in [9.17, 15) is 8.78 Å². The Morgan fingerprint density at radius 3 is 2.41 bits per heavy atom. The summed E-state index contributed by atoms with van der Waals surface area (Å²) in [5.41, 5.74) is 0. The van der Waals surface area contributed by atoms with Crippen molar-refractivity contribution in [3.05, 3.63) is 0 Å². The molecule has 2 atom stereocenters. The van der Waals surface area contributed by atoms with Crippen LogP contribution in [0.1, 0.15) is 0 Å². The van der Waals surface area contributed by atoms with Crippen molar-refractivity contribution in [2.24, 2.45) is 0 Å². The van der Waals surface area contributed by atoms with Gasteiger partial charge in [-0.15, -0.1) is 0 Å². The highest BCUT2D eigenvalue weighted by Gasteiger charge is 2.21. The minimum Gasteiger partial charge on any atom is -0.394 e. The molecule has 0 aromatic carbocycles. The Morgan fingerprint density at radius 2 is 1.94 bits per heavy atom. The molecule has 0 aliphatic carbocycles. The summed E-state index contributed by atoms with van der Waals surface area (Å²) in [5, 5.41) is 17.6. The SMILES string of the molecule is [B]C(F)(F)COCC(COC)OCC(O)CO. The second-order valence-corrected chi connectivity index (χ2v) is 3.52. The topological polar surface area (TPSA) is 68.2 Å². The molecule has 5 nitrogen and oxygen atoms in total. The predicted octanol–water partition coefficient (Wildman–Crippen LogP) is -0.851. The molecular formula is C9H17BF2O5. The van der Waals surface area contributed by atoms with Crippen molar-refractivity contribution in [1.29, 1.82) is 0 Å². The molecule has 2 unspecified atom stereocenters. The molecule has 0 aromatic heterocycles. The van der Waals surface area contributed by atoms with Crippen molar-refractivity contribution in [3.63, 3.8) is 0 Å². The third-order valence-corrected chi connectivity index (χ3v) is 1.69. The molecular weight excluding hydrogens is 237 g/mol. The van der Waals surface area contributed by atoms with Gasteiger partial charge in [0.2, 0.25) is 5.82 Å². The summed E-state index contributed by atoms with van der Waals surface area (Å²) in [4.78, 5) is 0. The van der Waals surface area contributed by atoms with Crippen LogP contribution in [-0.4, -0.2) is 76.2 Å². The summed E-state index contributed by atoms with van der Waals surface area (Å²) >= 11 is 0. The van der Waals surface area contributed by atoms with Gasteiger partial charge in [-0.25, -0.2) is 8.78 Å². The lowest BCUT2D eigenvalue weighted by Gasteiger charge is -2.20. The number of aliphatic hydroxyl groups excluding tert-OH is 2. The highest BCUT2D eigenvalue weighted by atomic mass is 19.3. The molecule has 17 heavy (non-hydrogen) atoms. The Bertz CT molecular complexity index is 191. The van der Waals surface area contributed by atoms with Crippen LogP contribution >= 0.6 is 0 Å². The maximum Gasteiger partial charge on any atom is 0.222 e. The largest absolute Gasteiger partial charge is 0.394 e. The monoisotopic (exact) mass is 254 g/mol. The second kappa shape index (κ2) is 8.76. The van der Waals surface area contributed by atoms with Crippen LogP contribution in [0, 0.1) is 0 Å². The molecule has 0 amide bonds. The summed E-state index contributed by atoms with van der Waals surface area (Å²) in [6, 6.07) is 0. The molecule has 0 spiro atoms. The van der Waals surface area contributed by atoms with Crippen LogP contribution in [0.25, 0.3) is 0 Å². The van der Waals surface area contributed by atoms with E-state index in [-0.39, 0.29) is 19.8 Å². The smallest absolute Gasteiger partial charge is 0.222 e. The predicted molar refractivity (Wildman–Crippen MR) is 56.2 cm³/mol. The summed E-state index contributed by atoms with van der Waals surface area (Å²) in [7, 11) is 5.85. The van der Waals surface area contributed by atoms with Crippen molar-refractivity contribution in [2.45, 2.75) is 18.0 Å². The van der Waals surface area contributed by atoms with E-state index in [2.05, 4.69) is 12.6 Å². The third-order valence-electron chi connectivity index (χ3n) is 1.69. The van der Waals surface area contributed by atoms with Gasteiger partial charge in [0.05, 0.1) is 26.4 Å². The van der Waals surface area contributed by atoms with Gasteiger partial charge >= 0.3 is 0 Å².